The molecule has 2 unspecified atom stereocenters. The van der Waals surface area contributed by atoms with Crippen molar-refractivity contribution < 1.29 is 19.0 Å². The van der Waals surface area contributed by atoms with E-state index in [2.05, 4.69) is 16.4 Å². The molecular weight excluding hydrogens is 217 g/mol. The van der Waals surface area contributed by atoms with E-state index in [4.69, 9.17) is 9.84 Å². The molecule has 1 aliphatic heterocycles. The standard InChI is InChI=1S/C9H10FN3O3/c10-5-3-1-2-4-6(5)16-8-7(9(14)15)11-13-12-8/h1-4,7-8,11-13H,(H,14,15). The fourth-order valence-electron chi connectivity index (χ4n) is 1.32. The Morgan fingerprint density at radius 2 is 2.12 bits per heavy atom. The molecule has 6 nitrogen and oxygen atoms in total. The van der Waals surface area contributed by atoms with Crippen molar-refractivity contribution in [2.24, 2.45) is 0 Å². The summed E-state index contributed by atoms with van der Waals surface area (Å²) in [5.74, 6) is -1.64. The zero-order valence-electron chi connectivity index (χ0n) is 8.11. The number of carbonyl (C=O) groups is 1. The Morgan fingerprint density at radius 3 is 2.81 bits per heavy atom. The van der Waals surface area contributed by atoms with Crippen LogP contribution in [0.1, 0.15) is 0 Å². The first-order valence-corrected chi connectivity index (χ1v) is 4.58. The number of hydrogen-bond acceptors (Lipinski definition) is 5. The number of carboxylic acids is 1. The van der Waals surface area contributed by atoms with Crippen LogP contribution >= 0.6 is 0 Å². The van der Waals surface area contributed by atoms with Crippen molar-refractivity contribution in [3.8, 4) is 5.75 Å². The van der Waals surface area contributed by atoms with Crippen LogP contribution in [0.4, 0.5) is 4.39 Å². The van der Waals surface area contributed by atoms with Crippen molar-refractivity contribution in [3.63, 3.8) is 0 Å². The van der Waals surface area contributed by atoms with Gasteiger partial charge >= 0.3 is 5.97 Å². The van der Waals surface area contributed by atoms with Gasteiger partial charge in [0, 0.05) is 0 Å². The predicted octanol–water partition coefficient (Wildman–Crippen LogP) is -0.404. The number of hydrazine groups is 2. The summed E-state index contributed by atoms with van der Waals surface area (Å²) in [6, 6.07) is 4.80. The Labute approximate surface area is 90.3 Å². The van der Waals surface area contributed by atoms with Gasteiger partial charge in [0.2, 0.25) is 0 Å². The van der Waals surface area contributed by atoms with Gasteiger partial charge in [-0.2, -0.15) is 5.53 Å². The molecule has 1 aromatic carbocycles. The van der Waals surface area contributed by atoms with Gasteiger partial charge in [0.15, 0.2) is 23.8 Å². The summed E-state index contributed by atoms with van der Waals surface area (Å²) in [6.45, 7) is 0. The lowest BCUT2D eigenvalue weighted by molar-refractivity contribution is -0.141. The first-order valence-electron chi connectivity index (χ1n) is 4.58. The van der Waals surface area contributed by atoms with Crippen molar-refractivity contribution in [2.75, 3.05) is 0 Å². The third-order valence-electron chi connectivity index (χ3n) is 2.10. The monoisotopic (exact) mass is 227 g/mol. The Morgan fingerprint density at radius 1 is 1.38 bits per heavy atom. The Kier molecular flexibility index (Phi) is 3.00. The van der Waals surface area contributed by atoms with E-state index in [1.807, 2.05) is 0 Å². The third-order valence-corrected chi connectivity index (χ3v) is 2.10. The number of ether oxygens (including phenoxy) is 1. The number of hydrogen-bond donors (Lipinski definition) is 4. The zero-order valence-corrected chi connectivity index (χ0v) is 8.11. The van der Waals surface area contributed by atoms with Crippen LogP contribution < -0.4 is 21.1 Å². The molecule has 0 aliphatic carbocycles. The molecule has 1 aliphatic rings. The van der Waals surface area contributed by atoms with Crippen LogP contribution in [0.3, 0.4) is 0 Å². The lowest BCUT2D eigenvalue weighted by Gasteiger charge is -2.16. The Hall–Kier alpha value is -1.70. The Balaban J connectivity index is 2.10. The highest BCUT2D eigenvalue weighted by atomic mass is 19.1. The average molecular weight is 227 g/mol. The first kappa shape index (κ1) is 10.8. The first-order chi connectivity index (χ1) is 7.68. The van der Waals surface area contributed by atoms with Crippen molar-refractivity contribution in [3.05, 3.63) is 30.1 Å². The normalized spacial score (nSPS) is 24.3. The highest BCUT2D eigenvalue weighted by Gasteiger charge is 2.34. The molecule has 0 spiro atoms. The number of aliphatic carboxylic acids is 1. The number of para-hydroxylation sites is 1. The summed E-state index contributed by atoms with van der Waals surface area (Å²) in [5.41, 5.74) is 7.39. The second-order valence-electron chi connectivity index (χ2n) is 3.20. The molecule has 7 heteroatoms. The minimum Gasteiger partial charge on any atom is -0.480 e. The number of carboxylic acid groups (broad SMARTS) is 1. The van der Waals surface area contributed by atoms with Gasteiger partial charge in [0.25, 0.3) is 0 Å². The second kappa shape index (κ2) is 4.44. The molecule has 0 aromatic heterocycles. The Bertz CT molecular complexity index is 401. The van der Waals surface area contributed by atoms with Gasteiger partial charge < -0.3 is 9.84 Å². The van der Waals surface area contributed by atoms with Crippen LogP contribution in [0, 0.1) is 5.82 Å². The van der Waals surface area contributed by atoms with Crippen LogP contribution in [0.25, 0.3) is 0 Å². The predicted molar refractivity (Wildman–Crippen MR) is 51.6 cm³/mol. The molecule has 0 saturated carbocycles. The summed E-state index contributed by atoms with van der Waals surface area (Å²) in [6.07, 6.45) is -0.880. The minimum absolute atomic E-state index is 0.00301. The van der Waals surface area contributed by atoms with Gasteiger partial charge in [0.1, 0.15) is 0 Å². The molecule has 0 bridgehead atoms. The summed E-state index contributed by atoms with van der Waals surface area (Å²) in [7, 11) is 0. The van der Waals surface area contributed by atoms with Crippen LogP contribution in [-0.2, 0) is 4.79 Å². The molecule has 0 amide bonds. The maximum absolute atomic E-state index is 13.2. The van der Waals surface area contributed by atoms with E-state index in [0.29, 0.717) is 0 Å². The fraction of sp³-hybridized carbons (Fsp3) is 0.222. The molecular formula is C9H10FN3O3. The molecule has 86 valence electrons. The van der Waals surface area contributed by atoms with Crippen LogP contribution in [0.15, 0.2) is 24.3 Å². The topological polar surface area (TPSA) is 82.6 Å². The van der Waals surface area contributed by atoms with Crippen LogP contribution in [-0.4, -0.2) is 23.3 Å². The van der Waals surface area contributed by atoms with Gasteiger partial charge in [0.05, 0.1) is 0 Å². The maximum Gasteiger partial charge on any atom is 0.327 e. The molecule has 1 heterocycles. The van der Waals surface area contributed by atoms with Gasteiger partial charge in [-0.3, -0.25) is 4.79 Å². The lowest BCUT2D eigenvalue weighted by Crippen LogP contribution is -2.44. The molecule has 2 rings (SSSR count). The molecule has 1 saturated heterocycles. The fourth-order valence-corrected chi connectivity index (χ4v) is 1.32. The molecule has 16 heavy (non-hydrogen) atoms. The molecule has 0 radical (unpaired) electrons. The van der Waals surface area contributed by atoms with Gasteiger partial charge in [-0.25, -0.2) is 15.2 Å². The largest absolute Gasteiger partial charge is 0.480 e. The molecule has 4 N–H and O–H groups in total. The van der Waals surface area contributed by atoms with Crippen molar-refractivity contribution in [1.29, 1.82) is 0 Å². The quantitative estimate of drug-likeness (QED) is 0.562. The SMILES string of the molecule is O=C(O)C1NNNC1Oc1ccccc1F. The minimum atomic E-state index is -1.10. The molecule has 1 aromatic rings. The summed E-state index contributed by atoms with van der Waals surface area (Å²) >= 11 is 0. The van der Waals surface area contributed by atoms with E-state index in [0.717, 1.165) is 0 Å². The number of benzene rings is 1. The molecule has 2 atom stereocenters. The van der Waals surface area contributed by atoms with E-state index >= 15 is 0 Å². The van der Waals surface area contributed by atoms with Crippen LogP contribution in [0.2, 0.25) is 0 Å². The molecule has 1 fully saturated rings. The van der Waals surface area contributed by atoms with E-state index in [9.17, 15) is 9.18 Å². The van der Waals surface area contributed by atoms with Crippen molar-refractivity contribution in [1.82, 2.24) is 16.4 Å². The van der Waals surface area contributed by atoms with Gasteiger partial charge in [-0.1, -0.05) is 12.1 Å². The highest BCUT2D eigenvalue weighted by Crippen LogP contribution is 2.17. The smallest absolute Gasteiger partial charge is 0.327 e. The van der Waals surface area contributed by atoms with E-state index in [1.165, 1.54) is 18.2 Å². The number of halogens is 1. The second-order valence-corrected chi connectivity index (χ2v) is 3.20. The lowest BCUT2D eigenvalue weighted by atomic mass is 10.3. The van der Waals surface area contributed by atoms with Gasteiger partial charge in [-0.05, 0) is 12.1 Å². The number of nitrogens with one attached hydrogen (secondary N) is 3. The van der Waals surface area contributed by atoms with E-state index in [-0.39, 0.29) is 5.75 Å². The average Bonchev–Trinajstić information content (AvgIpc) is 2.69. The summed E-state index contributed by atoms with van der Waals surface area (Å²) in [4.78, 5) is 10.8. The maximum atomic E-state index is 13.2. The van der Waals surface area contributed by atoms with E-state index < -0.39 is 24.1 Å². The zero-order chi connectivity index (χ0) is 11.5. The van der Waals surface area contributed by atoms with Crippen LogP contribution in [0.5, 0.6) is 5.75 Å². The van der Waals surface area contributed by atoms with E-state index in [1.54, 1.807) is 6.07 Å². The number of rotatable bonds is 3. The highest BCUT2D eigenvalue weighted by molar-refractivity contribution is 5.74. The van der Waals surface area contributed by atoms with Crippen molar-refractivity contribution >= 4 is 5.97 Å². The third kappa shape index (κ3) is 2.11. The van der Waals surface area contributed by atoms with Gasteiger partial charge in [-0.15, -0.1) is 0 Å². The summed E-state index contributed by atoms with van der Waals surface area (Å²) < 4.78 is 18.4. The van der Waals surface area contributed by atoms with Crippen molar-refractivity contribution in [2.45, 2.75) is 12.3 Å². The summed E-state index contributed by atoms with van der Waals surface area (Å²) in [5, 5.41) is 8.81.